The molecule has 1 aromatic rings. The molecule has 0 bridgehead atoms. The van der Waals surface area contributed by atoms with Gasteiger partial charge >= 0.3 is 12.3 Å². The zero-order valence-electron chi connectivity index (χ0n) is 16.0. The number of ether oxygens (including phenoxy) is 1. The first-order chi connectivity index (χ1) is 13.2. The summed E-state index contributed by atoms with van der Waals surface area (Å²) in [5.74, 6) is -0.229. The number of fused-ring (bicyclic) bond motifs is 1. The second-order valence-electron chi connectivity index (χ2n) is 7.71. The molecule has 1 heterocycles. The van der Waals surface area contributed by atoms with Crippen LogP contribution in [-0.4, -0.2) is 43.6 Å². The van der Waals surface area contributed by atoms with Crippen LogP contribution in [0.15, 0.2) is 24.3 Å². The molecule has 2 amide bonds. The predicted octanol–water partition coefficient (Wildman–Crippen LogP) is 3.58. The van der Waals surface area contributed by atoms with Crippen molar-refractivity contribution < 1.29 is 27.5 Å². The number of nitrogens with one attached hydrogen (secondary N) is 1. The van der Waals surface area contributed by atoms with Crippen molar-refractivity contribution in [3.05, 3.63) is 35.4 Å². The van der Waals surface area contributed by atoms with E-state index in [0.717, 1.165) is 18.9 Å². The minimum atomic E-state index is -4.38. The highest BCUT2D eigenvalue weighted by Gasteiger charge is 2.62. The summed E-state index contributed by atoms with van der Waals surface area (Å²) in [5.41, 5.74) is -0.369. The largest absolute Gasteiger partial charge is 0.453 e. The molecule has 1 aliphatic heterocycles. The number of halogens is 3. The Morgan fingerprint density at radius 2 is 2.14 bits per heavy atom. The molecular weight excluding hydrogens is 373 g/mol. The maximum absolute atomic E-state index is 13.1. The van der Waals surface area contributed by atoms with Crippen LogP contribution in [0.5, 0.6) is 0 Å². The normalized spacial score (nSPS) is 24.5. The number of alkyl carbamates (subject to hydrolysis) is 1. The van der Waals surface area contributed by atoms with Crippen LogP contribution in [0.4, 0.5) is 18.0 Å². The molecule has 1 saturated carbocycles. The Morgan fingerprint density at radius 3 is 2.79 bits per heavy atom. The van der Waals surface area contributed by atoms with Gasteiger partial charge in [-0.05, 0) is 30.4 Å². The van der Waals surface area contributed by atoms with E-state index in [4.69, 9.17) is 0 Å². The summed E-state index contributed by atoms with van der Waals surface area (Å²) >= 11 is 0. The fraction of sp³-hybridized carbons (Fsp3) is 0.600. The zero-order chi connectivity index (χ0) is 20.5. The molecular formula is C20H25F3N2O3. The first-order valence-electron chi connectivity index (χ1n) is 9.49. The minimum Gasteiger partial charge on any atom is -0.453 e. The van der Waals surface area contributed by atoms with Gasteiger partial charge in [0.1, 0.15) is 0 Å². The molecule has 1 saturated heterocycles. The third-order valence-corrected chi connectivity index (χ3v) is 5.89. The average molecular weight is 398 g/mol. The van der Waals surface area contributed by atoms with Crippen molar-refractivity contribution in [1.29, 1.82) is 0 Å². The van der Waals surface area contributed by atoms with E-state index in [-0.39, 0.29) is 29.7 Å². The second kappa shape index (κ2) is 7.64. The van der Waals surface area contributed by atoms with Crippen LogP contribution in [0.1, 0.15) is 37.3 Å². The number of nitrogens with zero attached hydrogens (tertiary/aromatic N) is 1. The van der Waals surface area contributed by atoms with Gasteiger partial charge in [0.2, 0.25) is 5.91 Å². The molecule has 8 heteroatoms. The Morgan fingerprint density at radius 1 is 1.39 bits per heavy atom. The lowest BCUT2D eigenvalue weighted by Crippen LogP contribution is -2.42. The van der Waals surface area contributed by atoms with Gasteiger partial charge in [0.05, 0.1) is 18.6 Å². The minimum absolute atomic E-state index is 0.0585. The summed E-state index contributed by atoms with van der Waals surface area (Å²) < 4.78 is 43.7. The van der Waals surface area contributed by atoms with Crippen LogP contribution in [0.25, 0.3) is 0 Å². The van der Waals surface area contributed by atoms with Crippen molar-refractivity contribution >= 4 is 12.0 Å². The molecule has 0 spiro atoms. The molecule has 1 aliphatic carbocycles. The lowest BCUT2D eigenvalue weighted by molar-refractivity contribution is -0.138. The standard InChI is InChI=1S/C20H25F3N2O3/c1-3-5-13(10-24-18(27)28-2)17(26)25-11-16-9-19(16,12-25)14-6-4-7-15(8-14)20(21,22)23/h4,6-8,13,16H,3,5,9-12H2,1-2H3,(H,24,27)/t13-,16?,19?/m1/s1. The first-order valence-corrected chi connectivity index (χ1v) is 9.49. The van der Waals surface area contributed by atoms with Crippen LogP contribution in [0.3, 0.4) is 0 Å². The van der Waals surface area contributed by atoms with E-state index in [1.54, 1.807) is 11.0 Å². The molecule has 0 radical (unpaired) electrons. The highest BCUT2D eigenvalue weighted by atomic mass is 19.4. The number of benzene rings is 1. The number of carbonyl (C=O) groups excluding carboxylic acids is 2. The topological polar surface area (TPSA) is 58.6 Å². The van der Waals surface area contributed by atoms with E-state index in [9.17, 15) is 22.8 Å². The molecule has 28 heavy (non-hydrogen) atoms. The van der Waals surface area contributed by atoms with Crippen molar-refractivity contribution in [1.82, 2.24) is 10.2 Å². The molecule has 2 aliphatic rings. The highest BCUT2D eigenvalue weighted by molar-refractivity contribution is 5.81. The van der Waals surface area contributed by atoms with E-state index in [1.807, 2.05) is 6.92 Å². The van der Waals surface area contributed by atoms with Gasteiger partial charge in [-0.3, -0.25) is 4.79 Å². The van der Waals surface area contributed by atoms with Gasteiger partial charge in [-0.25, -0.2) is 4.79 Å². The molecule has 3 atom stereocenters. The summed E-state index contributed by atoms with van der Waals surface area (Å²) in [4.78, 5) is 26.0. The van der Waals surface area contributed by atoms with Gasteiger partial charge in [0.25, 0.3) is 0 Å². The van der Waals surface area contributed by atoms with Gasteiger partial charge in [0.15, 0.2) is 0 Å². The average Bonchev–Trinajstić information content (AvgIpc) is 3.25. The van der Waals surface area contributed by atoms with E-state index in [1.165, 1.54) is 19.2 Å². The van der Waals surface area contributed by atoms with Gasteiger partial charge < -0.3 is 15.0 Å². The predicted molar refractivity (Wildman–Crippen MR) is 96.6 cm³/mol. The quantitative estimate of drug-likeness (QED) is 0.797. The van der Waals surface area contributed by atoms with Gasteiger partial charge in [-0.1, -0.05) is 31.5 Å². The van der Waals surface area contributed by atoms with Crippen LogP contribution < -0.4 is 5.32 Å². The second-order valence-corrected chi connectivity index (χ2v) is 7.71. The summed E-state index contributed by atoms with van der Waals surface area (Å²) in [5, 5.41) is 2.58. The Kier molecular flexibility index (Phi) is 5.59. The number of rotatable bonds is 6. The summed E-state index contributed by atoms with van der Waals surface area (Å²) in [6.45, 7) is 3.13. The van der Waals surface area contributed by atoms with E-state index >= 15 is 0 Å². The van der Waals surface area contributed by atoms with Crippen molar-refractivity contribution in [3.8, 4) is 0 Å². The molecule has 1 N–H and O–H groups in total. The van der Waals surface area contributed by atoms with E-state index in [0.29, 0.717) is 25.1 Å². The number of likely N-dealkylation sites (tertiary alicyclic amines) is 1. The Bertz CT molecular complexity index is 752. The number of hydrogen-bond donors (Lipinski definition) is 1. The third kappa shape index (κ3) is 3.95. The Labute approximate surface area is 162 Å². The zero-order valence-corrected chi connectivity index (χ0v) is 16.0. The lowest BCUT2D eigenvalue weighted by Gasteiger charge is -2.26. The molecule has 2 unspecified atom stereocenters. The fourth-order valence-corrected chi connectivity index (χ4v) is 4.30. The van der Waals surface area contributed by atoms with Gasteiger partial charge in [0, 0.05) is 25.0 Å². The number of methoxy groups -OCH3 is 1. The monoisotopic (exact) mass is 398 g/mol. The summed E-state index contributed by atoms with van der Waals surface area (Å²) in [7, 11) is 1.26. The molecule has 5 nitrogen and oxygen atoms in total. The number of hydrogen-bond acceptors (Lipinski definition) is 3. The van der Waals surface area contributed by atoms with Crippen molar-refractivity contribution in [2.24, 2.45) is 11.8 Å². The maximum Gasteiger partial charge on any atom is 0.416 e. The first kappa shape index (κ1) is 20.5. The number of carbonyl (C=O) groups is 2. The number of amides is 2. The van der Waals surface area contributed by atoms with Gasteiger partial charge in [-0.15, -0.1) is 0 Å². The van der Waals surface area contributed by atoms with E-state index in [2.05, 4.69) is 10.1 Å². The SMILES string of the molecule is CCC[C@H](CNC(=O)OC)C(=O)N1CC2CC2(c2cccc(C(F)(F)F)c2)C1. The maximum atomic E-state index is 13.1. The third-order valence-electron chi connectivity index (χ3n) is 5.89. The fourth-order valence-electron chi connectivity index (χ4n) is 4.30. The molecule has 154 valence electrons. The molecule has 3 rings (SSSR count). The molecule has 1 aromatic carbocycles. The van der Waals surface area contributed by atoms with Crippen LogP contribution in [0, 0.1) is 11.8 Å². The highest BCUT2D eigenvalue weighted by Crippen LogP contribution is 2.59. The van der Waals surface area contributed by atoms with Crippen LogP contribution in [0.2, 0.25) is 0 Å². The number of alkyl halides is 3. The van der Waals surface area contributed by atoms with Crippen LogP contribution in [-0.2, 0) is 21.1 Å². The van der Waals surface area contributed by atoms with Gasteiger partial charge in [-0.2, -0.15) is 13.2 Å². The van der Waals surface area contributed by atoms with Crippen molar-refractivity contribution in [3.63, 3.8) is 0 Å². The molecule has 2 fully saturated rings. The van der Waals surface area contributed by atoms with Crippen molar-refractivity contribution in [2.45, 2.75) is 37.8 Å². The van der Waals surface area contributed by atoms with E-state index < -0.39 is 17.8 Å². The molecule has 0 aromatic heterocycles. The Balaban J connectivity index is 1.70. The van der Waals surface area contributed by atoms with Crippen LogP contribution >= 0.6 is 0 Å². The summed E-state index contributed by atoms with van der Waals surface area (Å²) in [6, 6.07) is 5.46. The summed E-state index contributed by atoms with van der Waals surface area (Å²) in [6.07, 6.45) is -2.75. The lowest BCUT2D eigenvalue weighted by atomic mass is 9.93. The number of piperidine rings is 1. The van der Waals surface area contributed by atoms with Crippen molar-refractivity contribution in [2.75, 3.05) is 26.7 Å². The smallest absolute Gasteiger partial charge is 0.416 e. The Hall–Kier alpha value is -2.25.